The number of rotatable bonds is 9. The van der Waals surface area contributed by atoms with E-state index in [1.54, 1.807) is 6.20 Å². The van der Waals surface area contributed by atoms with Gasteiger partial charge in [0.1, 0.15) is 0 Å². The van der Waals surface area contributed by atoms with E-state index >= 15 is 0 Å². The van der Waals surface area contributed by atoms with E-state index in [4.69, 9.17) is 29.9 Å². The van der Waals surface area contributed by atoms with Crippen molar-refractivity contribution in [2.45, 2.75) is 13.8 Å². The lowest BCUT2D eigenvalue weighted by Gasteiger charge is -2.16. The van der Waals surface area contributed by atoms with Crippen molar-refractivity contribution in [3.05, 3.63) is 212 Å². The van der Waals surface area contributed by atoms with Gasteiger partial charge in [-0.15, -0.1) is 0 Å². The Labute approximate surface area is 360 Å². The molecular formula is C55H39N7. The Kier molecular flexibility index (Phi) is 10.3. The highest BCUT2D eigenvalue weighted by atomic mass is 15.0. The maximum absolute atomic E-state index is 5.07. The SMILES string of the molecule is Cc1ccccc1-c1nc(-c2ccc(-c3ccc(-c4ccccc4-c4nc(-c5ccccc5)nc(-c5ccccc5)n4)cc3-c3cccnc3)cc2)nc(-c2ccccc2C)n1. The number of hydrogen-bond acceptors (Lipinski definition) is 7. The van der Waals surface area contributed by atoms with Gasteiger partial charge < -0.3 is 0 Å². The van der Waals surface area contributed by atoms with Gasteiger partial charge in [0.15, 0.2) is 34.9 Å². The largest absolute Gasteiger partial charge is 0.264 e. The summed E-state index contributed by atoms with van der Waals surface area (Å²) in [4.78, 5) is 34.7. The van der Waals surface area contributed by atoms with Crippen molar-refractivity contribution in [2.24, 2.45) is 0 Å². The van der Waals surface area contributed by atoms with Crippen molar-refractivity contribution in [1.82, 2.24) is 34.9 Å². The van der Waals surface area contributed by atoms with Crippen LogP contribution >= 0.6 is 0 Å². The Morgan fingerprint density at radius 3 is 1.18 bits per heavy atom. The number of aryl methyl sites for hydroxylation is 2. The minimum absolute atomic E-state index is 0.602. The zero-order valence-electron chi connectivity index (χ0n) is 34.2. The molecule has 0 spiro atoms. The lowest BCUT2D eigenvalue weighted by molar-refractivity contribution is 1.07. The molecule has 62 heavy (non-hydrogen) atoms. The van der Waals surface area contributed by atoms with Gasteiger partial charge in [0, 0.05) is 51.3 Å². The fourth-order valence-corrected chi connectivity index (χ4v) is 7.78. The molecule has 0 saturated carbocycles. The topological polar surface area (TPSA) is 90.2 Å². The summed E-state index contributed by atoms with van der Waals surface area (Å²) in [5, 5.41) is 0. The van der Waals surface area contributed by atoms with Crippen LogP contribution in [0.5, 0.6) is 0 Å². The number of aromatic nitrogens is 7. The van der Waals surface area contributed by atoms with Crippen molar-refractivity contribution in [1.29, 1.82) is 0 Å². The van der Waals surface area contributed by atoms with E-state index in [1.807, 2.05) is 103 Å². The van der Waals surface area contributed by atoms with Gasteiger partial charge in [0.25, 0.3) is 0 Å². The van der Waals surface area contributed by atoms with Gasteiger partial charge in [-0.3, -0.25) is 4.98 Å². The van der Waals surface area contributed by atoms with Crippen LogP contribution in [0.25, 0.3) is 102 Å². The Hall–Kier alpha value is -8.29. The van der Waals surface area contributed by atoms with Gasteiger partial charge in [0.05, 0.1) is 0 Å². The number of hydrogen-bond donors (Lipinski definition) is 0. The quantitative estimate of drug-likeness (QED) is 0.144. The molecule has 0 aliphatic carbocycles. The molecule has 0 bridgehead atoms. The molecule has 7 heteroatoms. The average molecular weight is 798 g/mol. The molecule has 294 valence electrons. The first-order valence-electron chi connectivity index (χ1n) is 20.6. The van der Waals surface area contributed by atoms with Crippen molar-refractivity contribution in [3.63, 3.8) is 0 Å². The molecule has 10 aromatic rings. The molecule has 0 unspecified atom stereocenters. The first-order chi connectivity index (χ1) is 30.6. The highest BCUT2D eigenvalue weighted by Gasteiger charge is 2.19. The second-order valence-corrected chi connectivity index (χ2v) is 15.1. The van der Waals surface area contributed by atoms with Crippen molar-refractivity contribution in [2.75, 3.05) is 0 Å². The van der Waals surface area contributed by atoms with E-state index in [2.05, 4.69) is 110 Å². The fraction of sp³-hybridized carbons (Fsp3) is 0.0364. The van der Waals surface area contributed by atoms with E-state index < -0.39 is 0 Å². The molecule has 3 aromatic heterocycles. The predicted octanol–water partition coefficient (Wildman–Crippen LogP) is 13.1. The summed E-state index contributed by atoms with van der Waals surface area (Å²) in [6, 6.07) is 64.0. The zero-order valence-corrected chi connectivity index (χ0v) is 34.2. The minimum Gasteiger partial charge on any atom is -0.264 e. The minimum atomic E-state index is 0.602. The van der Waals surface area contributed by atoms with Crippen LogP contribution in [0, 0.1) is 13.8 Å². The molecule has 7 nitrogen and oxygen atoms in total. The summed E-state index contributed by atoms with van der Waals surface area (Å²) >= 11 is 0. The van der Waals surface area contributed by atoms with Crippen molar-refractivity contribution in [3.8, 4) is 102 Å². The monoisotopic (exact) mass is 797 g/mol. The molecule has 7 aromatic carbocycles. The number of pyridine rings is 1. The normalized spacial score (nSPS) is 11.1. The molecule has 0 aliphatic heterocycles. The van der Waals surface area contributed by atoms with Crippen LogP contribution < -0.4 is 0 Å². The van der Waals surface area contributed by atoms with Gasteiger partial charge in [-0.1, -0.05) is 176 Å². The second kappa shape index (κ2) is 16.8. The van der Waals surface area contributed by atoms with Crippen LogP contribution in [0.2, 0.25) is 0 Å². The predicted molar refractivity (Wildman–Crippen MR) is 249 cm³/mol. The Balaban J connectivity index is 1.07. The molecule has 0 fully saturated rings. The average Bonchev–Trinajstić information content (AvgIpc) is 3.35. The summed E-state index contributed by atoms with van der Waals surface area (Å²) < 4.78 is 0. The molecule has 0 amide bonds. The molecular weight excluding hydrogens is 759 g/mol. The molecule has 0 saturated heterocycles. The highest BCUT2D eigenvalue weighted by molar-refractivity contribution is 5.90. The molecule has 3 heterocycles. The second-order valence-electron chi connectivity index (χ2n) is 15.1. The van der Waals surface area contributed by atoms with E-state index in [1.165, 1.54) is 0 Å². The Morgan fingerprint density at radius 2 is 0.645 bits per heavy atom. The van der Waals surface area contributed by atoms with Crippen LogP contribution in [0.1, 0.15) is 11.1 Å². The van der Waals surface area contributed by atoms with Crippen LogP contribution in [0.3, 0.4) is 0 Å². The third-order valence-corrected chi connectivity index (χ3v) is 11.0. The molecule has 0 atom stereocenters. The summed E-state index contributed by atoms with van der Waals surface area (Å²) in [7, 11) is 0. The van der Waals surface area contributed by atoms with Crippen LogP contribution in [-0.4, -0.2) is 34.9 Å². The summed E-state index contributed by atoms with van der Waals surface area (Å²) in [6.45, 7) is 4.17. The molecule has 0 aliphatic rings. The van der Waals surface area contributed by atoms with Crippen molar-refractivity contribution < 1.29 is 0 Å². The first kappa shape index (κ1) is 37.9. The van der Waals surface area contributed by atoms with Crippen LogP contribution in [0.15, 0.2) is 200 Å². The van der Waals surface area contributed by atoms with Crippen LogP contribution in [0.4, 0.5) is 0 Å². The first-order valence-corrected chi connectivity index (χ1v) is 20.6. The zero-order chi connectivity index (χ0) is 41.8. The molecule has 0 radical (unpaired) electrons. The maximum Gasteiger partial charge on any atom is 0.164 e. The van der Waals surface area contributed by atoms with E-state index in [-0.39, 0.29) is 0 Å². The summed E-state index contributed by atoms with van der Waals surface area (Å²) in [5.74, 6) is 3.75. The van der Waals surface area contributed by atoms with Crippen molar-refractivity contribution >= 4 is 0 Å². The summed E-state index contributed by atoms with van der Waals surface area (Å²) in [6.07, 6.45) is 3.72. The molecule has 0 N–H and O–H groups in total. The van der Waals surface area contributed by atoms with Crippen LogP contribution in [-0.2, 0) is 0 Å². The highest BCUT2D eigenvalue weighted by Crippen LogP contribution is 2.39. The van der Waals surface area contributed by atoms with E-state index in [9.17, 15) is 0 Å². The third kappa shape index (κ3) is 7.67. The number of nitrogens with zero attached hydrogens (tertiary/aromatic N) is 7. The maximum atomic E-state index is 5.07. The van der Waals surface area contributed by atoms with E-state index in [0.29, 0.717) is 34.9 Å². The van der Waals surface area contributed by atoms with Gasteiger partial charge in [-0.05, 0) is 64.9 Å². The lowest BCUT2D eigenvalue weighted by Crippen LogP contribution is -2.01. The smallest absolute Gasteiger partial charge is 0.164 e. The fourth-order valence-electron chi connectivity index (χ4n) is 7.78. The standard InChI is InChI=1S/C55H39N7/c1-36-16-9-11-23-44(36)53-58-52(59-54(62-53)45-24-12-10-17-37(45)2)41-29-27-38(28-30-41)47-32-31-42(34-49(47)43-22-15-33-56-35-43)46-25-13-14-26-48(46)55-60-50(39-18-5-3-6-19-39)57-51(61-55)40-20-7-4-8-21-40/h3-35H,1-2H3. The van der Waals surface area contributed by atoms with Gasteiger partial charge in [0.2, 0.25) is 0 Å². The summed E-state index contributed by atoms with van der Waals surface area (Å²) in [5.41, 5.74) is 14.0. The number of benzene rings is 7. The molecule has 10 rings (SSSR count). The third-order valence-electron chi connectivity index (χ3n) is 11.0. The van der Waals surface area contributed by atoms with E-state index in [0.717, 1.165) is 77.9 Å². The Bertz CT molecular complexity index is 3070. The Morgan fingerprint density at radius 1 is 0.258 bits per heavy atom. The lowest BCUT2D eigenvalue weighted by atomic mass is 9.90. The van der Waals surface area contributed by atoms with Gasteiger partial charge >= 0.3 is 0 Å². The van der Waals surface area contributed by atoms with Gasteiger partial charge in [-0.2, -0.15) is 0 Å². The van der Waals surface area contributed by atoms with Gasteiger partial charge in [-0.25, -0.2) is 29.9 Å².